The molecule has 1 aliphatic heterocycles. The Morgan fingerprint density at radius 3 is 2.38 bits per heavy atom. The van der Waals surface area contributed by atoms with Crippen LogP contribution < -0.4 is 10.6 Å². The molecular weight excluding hydrogens is 330 g/mol. The topological polar surface area (TPSA) is 78.5 Å². The lowest BCUT2D eigenvalue weighted by atomic mass is 9.96. The van der Waals surface area contributed by atoms with Gasteiger partial charge in [0.15, 0.2) is 0 Å². The van der Waals surface area contributed by atoms with Crippen molar-refractivity contribution in [1.82, 2.24) is 15.5 Å². The summed E-state index contributed by atoms with van der Waals surface area (Å²) in [6.45, 7) is 0.228. The first kappa shape index (κ1) is 18.4. The van der Waals surface area contributed by atoms with Crippen LogP contribution in [0.4, 0.5) is 4.79 Å². The fraction of sp³-hybridized carbons (Fsp3) is 0.550. The van der Waals surface area contributed by atoms with E-state index in [0.29, 0.717) is 0 Å². The predicted octanol–water partition coefficient (Wildman–Crippen LogP) is 2.73. The number of urea groups is 1. The SMILES string of the molecule is O=C(CC1NC(=O)N(Cc2ccccc2)C1=O)NC1CCCCCCC1. The molecule has 4 amide bonds. The van der Waals surface area contributed by atoms with Gasteiger partial charge in [-0.2, -0.15) is 0 Å². The van der Waals surface area contributed by atoms with Crippen LogP contribution in [0.15, 0.2) is 30.3 Å². The van der Waals surface area contributed by atoms with Gasteiger partial charge in [-0.3, -0.25) is 14.5 Å². The number of carbonyl (C=O) groups excluding carboxylic acids is 3. The number of benzene rings is 1. The third-order valence-electron chi connectivity index (χ3n) is 5.15. The van der Waals surface area contributed by atoms with Crippen LogP contribution in [0.25, 0.3) is 0 Å². The van der Waals surface area contributed by atoms with E-state index in [-0.39, 0.29) is 30.8 Å². The maximum Gasteiger partial charge on any atom is 0.325 e. The first-order valence-electron chi connectivity index (χ1n) is 9.58. The molecule has 6 heteroatoms. The first-order chi connectivity index (χ1) is 12.6. The molecule has 140 valence electrons. The quantitative estimate of drug-likeness (QED) is 0.796. The summed E-state index contributed by atoms with van der Waals surface area (Å²) in [5.74, 6) is -0.484. The lowest BCUT2D eigenvalue weighted by Crippen LogP contribution is -2.40. The number of nitrogens with one attached hydrogen (secondary N) is 2. The summed E-state index contributed by atoms with van der Waals surface area (Å²) >= 11 is 0. The van der Waals surface area contributed by atoms with Crippen molar-refractivity contribution in [1.29, 1.82) is 0 Å². The zero-order valence-electron chi connectivity index (χ0n) is 15.1. The van der Waals surface area contributed by atoms with Crippen molar-refractivity contribution in [2.24, 2.45) is 0 Å². The van der Waals surface area contributed by atoms with E-state index in [0.717, 1.165) is 31.2 Å². The van der Waals surface area contributed by atoms with E-state index in [1.807, 2.05) is 30.3 Å². The van der Waals surface area contributed by atoms with Crippen LogP contribution in [0, 0.1) is 0 Å². The van der Waals surface area contributed by atoms with E-state index in [2.05, 4.69) is 10.6 Å². The van der Waals surface area contributed by atoms with Gasteiger partial charge in [0.05, 0.1) is 13.0 Å². The van der Waals surface area contributed by atoms with Crippen molar-refractivity contribution in [3.05, 3.63) is 35.9 Å². The summed E-state index contributed by atoms with van der Waals surface area (Å²) < 4.78 is 0. The molecule has 1 atom stereocenters. The van der Waals surface area contributed by atoms with E-state index in [1.54, 1.807) is 0 Å². The van der Waals surface area contributed by atoms with Gasteiger partial charge in [0.2, 0.25) is 5.91 Å². The Morgan fingerprint density at radius 2 is 1.69 bits per heavy atom. The monoisotopic (exact) mass is 357 g/mol. The average molecular weight is 357 g/mol. The molecule has 1 heterocycles. The summed E-state index contributed by atoms with van der Waals surface area (Å²) in [4.78, 5) is 38.2. The van der Waals surface area contributed by atoms with Crippen LogP contribution in [-0.4, -0.2) is 34.8 Å². The molecular formula is C20H27N3O3. The van der Waals surface area contributed by atoms with Crippen molar-refractivity contribution >= 4 is 17.8 Å². The second kappa shape index (κ2) is 8.83. The lowest BCUT2D eigenvalue weighted by molar-refractivity contribution is -0.131. The van der Waals surface area contributed by atoms with Crippen molar-refractivity contribution in [3.63, 3.8) is 0 Å². The van der Waals surface area contributed by atoms with Crippen molar-refractivity contribution in [2.75, 3.05) is 0 Å². The fourth-order valence-corrected chi connectivity index (χ4v) is 3.70. The smallest absolute Gasteiger partial charge is 0.325 e. The molecule has 26 heavy (non-hydrogen) atoms. The Bertz CT molecular complexity index is 639. The highest BCUT2D eigenvalue weighted by Gasteiger charge is 2.39. The maximum atomic E-state index is 12.5. The minimum Gasteiger partial charge on any atom is -0.353 e. The molecule has 2 aliphatic rings. The molecule has 1 unspecified atom stereocenters. The van der Waals surface area contributed by atoms with Crippen LogP contribution in [0.3, 0.4) is 0 Å². The Hall–Kier alpha value is -2.37. The van der Waals surface area contributed by atoms with Gasteiger partial charge in [0.1, 0.15) is 6.04 Å². The van der Waals surface area contributed by atoms with E-state index < -0.39 is 12.1 Å². The number of carbonyl (C=O) groups is 3. The Balaban J connectivity index is 1.52. The number of hydrogen-bond acceptors (Lipinski definition) is 3. The molecule has 2 N–H and O–H groups in total. The number of nitrogens with zero attached hydrogens (tertiary/aromatic N) is 1. The molecule has 6 nitrogen and oxygen atoms in total. The van der Waals surface area contributed by atoms with Gasteiger partial charge in [0.25, 0.3) is 5.91 Å². The maximum absolute atomic E-state index is 12.5. The van der Waals surface area contributed by atoms with Crippen LogP contribution in [-0.2, 0) is 16.1 Å². The summed E-state index contributed by atoms with van der Waals surface area (Å²) in [6.07, 6.45) is 7.99. The van der Waals surface area contributed by atoms with Gasteiger partial charge < -0.3 is 10.6 Å². The average Bonchev–Trinajstić information content (AvgIpc) is 2.85. The minimum atomic E-state index is -0.764. The number of rotatable bonds is 5. The second-order valence-corrected chi connectivity index (χ2v) is 7.23. The molecule has 2 fully saturated rings. The third kappa shape index (κ3) is 4.84. The summed E-state index contributed by atoms with van der Waals surface area (Å²) in [6, 6.07) is 8.36. The van der Waals surface area contributed by atoms with E-state index in [1.165, 1.54) is 24.2 Å². The largest absolute Gasteiger partial charge is 0.353 e. The fourth-order valence-electron chi connectivity index (χ4n) is 3.70. The van der Waals surface area contributed by atoms with Gasteiger partial charge >= 0.3 is 6.03 Å². The molecule has 0 radical (unpaired) electrons. The molecule has 0 spiro atoms. The Labute approximate surface area is 154 Å². The third-order valence-corrected chi connectivity index (χ3v) is 5.15. The van der Waals surface area contributed by atoms with Gasteiger partial charge in [-0.05, 0) is 18.4 Å². The van der Waals surface area contributed by atoms with Crippen molar-refractivity contribution in [3.8, 4) is 0 Å². The van der Waals surface area contributed by atoms with Crippen LogP contribution in [0.1, 0.15) is 56.9 Å². The second-order valence-electron chi connectivity index (χ2n) is 7.23. The number of hydrogen-bond donors (Lipinski definition) is 2. The van der Waals surface area contributed by atoms with E-state index in [4.69, 9.17) is 0 Å². The van der Waals surface area contributed by atoms with Gasteiger partial charge in [-0.1, -0.05) is 62.4 Å². The molecule has 1 saturated carbocycles. The van der Waals surface area contributed by atoms with Crippen LogP contribution in [0.5, 0.6) is 0 Å². The Morgan fingerprint density at radius 1 is 1.04 bits per heavy atom. The number of imide groups is 1. The molecule has 3 rings (SSSR count). The number of amides is 4. The highest BCUT2D eigenvalue weighted by atomic mass is 16.2. The summed E-state index contributed by atoms with van der Waals surface area (Å²) in [5.41, 5.74) is 0.885. The highest BCUT2D eigenvalue weighted by Crippen LogP contribution is 2.18. The van der Waals surface area contributed by atoms with Crippen LogP contribution in [0.2, 0.25) is 0 Å². The standard InChI is InChI=1S/C20H27N3O3/c24-18(21-16-11-7-2-1-3-8-12-16)13-17-19(25)23(20(26)22-17)14-15-9-5-4-6-10-15/h4-6,9-10,16-17H,1-3,7-8,11-14H2,(H,21,24)(H,22,26). The zero-order valence-corrected chi connectivity index (χ0v) is 15.1. The molecule has 0 bridgehead atoms. The van der Waals surface area contributed by atoms with Gasteiger partial charge in [-0.15, -0.1) is 0 Å². The molecule has 1 aliphatic carbocycles. The van der Waals surface area contributed by atoms with E-state index >= 15 is 0 Å². The zero-order chi connectivity index (χ0) is 18.4. The van der Waals surface area contributed by atoms with E-state index in [9.17, 15) is 14.4 Å². The normalized spacial score (nSPS) is 21.8. The van der Waals surface area contributed by atoms with Gasteiger partial charge in [-0.25, -0.2) is 4.79 Å². The first-order valence-corrected chi connectivity index (χ1v) is 9.58. The minimum absolute atomic E-state index is 0.00631. The van der Waals surface area contributed by atoms with Crippen molar-refractivity contribution < 1.29 is 14.4 Å². The predicted molar refractivity (Wildman–Crippen MR) is 98.2 cm³/mol. The Kier molecular flexibility index (Phi) is 6.26. The summed E-state index contributed by atoms with van der Waals surface area (Å²) in [5, 5.41) is 5.69. The highest BCUT2D eigenvalue weighted by molar-refractivity contribution is 6.05. The van der Waals surface area contributed by atoms with Gasteiger partial charge in [0, 0.05) is 6.04 Å². The lowest BCUT2D eigenvalue weighted by Gasteiger charge is -2.21. The molecule has 1 saturated heterocycles. The molecule has 1 aromatic carbocycles. The van der Waals surface area contributed by atoms with Crippen molar-refractivity contribution in [2.45, 2.75) is 70.0 Å². The van der Waals surface area contributed by atoms with Crippen LogP contribution >= 0.6 is 0 Å². The molecule has 0 aromatic heterocycles. The molecule has 1 aromatic rings. The summed E-state index contributed by atoms with van der Waals surface area (Å²) in [7, 11) is 0.